The molecule has 1 aliphatic heterocycles. The van der Waals surface area contributed by atoms with Crippen LogP contribution in [0.5, 0.6) is 0 Å². The molecule has 0 amide bonds. The van der Waals surface area contributed by atoms with Crippen molar-refractivity contribution in [3.63, 3.8) is 0 Å². The summed E-state index contributed by atoms with van der Waals surface area (Å²) in [6, 6.07) is 0.218. The van der Waals surface area contributed by atoms with Crippen LogP contribution in [0.15, 0.2) is 12.4 Å². The standard InChI is InChI=1S/C12H20N4S/c1-2-11(13)7-10-8-14-12(15-9-10)16-3-5-17-6-4-16/h8-9,11H,2-7,13H2,1H3. The van der Waals surface area contributed by atoms with Crippen molar-refractivity contribution in [2.24, 2.45) is 5.73 Å². The smallest absolute Gasteiger partial charge is 0.225 e. The summed E-state index contributed by atoms with van der Waals surface area (Å²) < 4.78 is 0. The molecule has 0 saturated carbocycles. The van der Waals surface area contributed by atoms with E-state index in [0.717, 1.165) is 37.4 Å². The lowest BCUT2D eigenvalue weighted by Crippen LogP contribution is -2.33. The van der Waals surface area contributed by atoms with Crippen LogP contribution in [0.1, 0.15) is 18.9 Å². The Morgan fingerprint density at radius 3 is 2.59 bits per heavy atom. The summed E-state index contributed by atoms with van der Waals surface area (Å²) in [5, 5.41) is 0. The summed E-state index contributed by atoms with van der Waals surface area (Å²) in [7, 11) is 0. The Morgan fingerprint density at radius 2 is 2.00 bits per heavy atom. The van der Waals surface area contributed by atoms with Crippen molar-refractivity contribution in [1.82, 2.24) is 9.97 Å². The highest BCUT2D eigenvalue weighted by Gasteiger charge is 2.13. The van der Waals surface area contributed by atoms with Crippen molar-refractivity contribution in [3.05, 3.63) is 18.0 Å². The van der Waals surface area contributed by atoms with Gasteiger partial charge in [-0.25, -0.2) is 9.97 Å². The molecule has 2 rings (SSSR count). The molecule has 0 spiro atoms. The Balaban J connectivity index is 1.97. The van der Waals surface area contributed by atoms with Gasteiger partial charge in [-0.05, 0) is 18.4 Å². The number of rotatable bonds is 4. The normalized spacial score (nSPS) is 18.1. The Labute approximate surface area is 107 Å². The van der Waals surface area contributed by atoms with Gasteiger partial charge in [0, 0.05) is 43.0 Å². The molecule has 0 aliphatic carbocycles. The van der Waals surface area contributed by atoms with Crippen LogP contribution in [0.3, 0.4) is 0 Å². The zero-order valence-electron chi connectivity index (χ0n) is 10.3. The van der Waals surface area contributed by atoms with E-state index in [4.69, 9.17) is 5.73 Å². The fraction of sp³-hybridized carbons (Fsp3) is 0.667. The average molecular weight is 252 g/mol. The first-order valence-corrected chi connectivity index (χ1v) is 7.34. The lowest BCUT2D eigenvalue weighted by molar-refractivity contribution is 0.643. The molecule has 1 aromatic rings. The van der Waals surface area contributed by atoms with Gasteiger partial charge in [-0.3, -0.25) is 0 Å². The van der Waals surface area contributed by atoms with E-state index in [1.807, 2.05) is 24.2 Å². The van der Waals surface area contributed by atoms with Gasteiger partial charge in [0.25, 0.3) is 0 Å². The SMILES string of the molecule is CCC(N)Cc1cnc(N2CCSCC2)nc1. The Kier molecular flexibility index (Phi) is 4.62. The van der Waals surface area contributed by atoms with Gasteiger partial charge in [0.05, 0.1) is 0 Å². The topological polar surface area (TPSA) is 55.0 Å². The molecule has 0 radical (unpaired) electrons. The van der Waals surface area contributed by atoms with Crippen molar-refractivity contribution in [1.29, 1.82) is 0 Å². The summed E-state index contributed by atoms with van der Waals surface area (Å²) in [4.78, 5) is 11.1. The summed E-state index contributed by atoms with van der Waals surface area (Å²) in [6.07, 6.45) is 5.69. The van der Waals surface area contributed by atoms with Gasteiger partial charge in [0.1, 0.15) is 0 Å². The van der Waals surface area contributed by atoms with Gasteiger partial charge < -0.3 is 10.6 Å². The number of nitrogens with zero attached hydrogens (tertiary/aromatic N) is 3. The van der Waals surface area contributed by atoms with Crippen LogP contribution >= 0.6 is 11.8 Å². The van der Waals surface area contributed by atoms with E-state index < -0.39 is 0 Å². The largest absolute Gasteiger partial charge is 0.339 e. The number of anilines is 1. The maximum atomic E-state index is 5.92. The molecule has 17 heavy (non-hydrogen) atoms. The molecule has 1 fully saturated rings. The van der Waals surface area contributed by atoms with E-state index in [0.29, 0.717) is 0 Å². The minimum absolute atomic E-state index is 0.218. The van der Waals surface area contributed by atoms with Crippen molar-refractivity contribution in [3.8, 4) is 0 Å². The fourth-order valence-electron chi connectivity index (χ4n) is 1.83. The molecule has 2 heterocycles. The van der Waals surface area contributed by atoms with Gasteiger partial charge in [-0.1, -0.05) is 6.92 Å². The summed E-state index contributed by atoms with van der Waals surface area (Å²) >= 11 is 1.99. The predicted octanol–water partition coefficient (Wildman–Crippen LogP) is 1.31. The summed E-state index contributed by atoms with van der Waals surface area (Å²) in [5.41, 5.74) is 7.05. The van der Waals surface area contributed by atoms with Crippen LogP contribution in [0.4, 0.5) is 5.95 Å². The van der Waals surface area contributed by atoms with Crippen molar-refractivity contribution in [2.45, 2.75) is 25.8 Å². The molecule has 0 aromatic carbocycles. The molecule has 0 bridgehead atoms. The van der Waals surface area contributed by atoms with Gasteiger partial charge in [-0.15, -0.1) is 0 Å². The third kappa shape index (κ3) is 3.57. The maximum Gasteiger partial charge on any atom is 0.225 e. The highest BCUT2D eigenvalue weighted by molar-refractivity contribution is 7.99. The van der Waals surface area contributed by atoms with Gasteiger partial charge in [0.15, 0.2) is 0 Å². The van der Waals surface area contributed by atoms with E-state index in [1.165, 1.54) is 11.5 Å². The highest BCUT2D eigenvalue weighted by atomic mass is 32.2. The molecular formula is C12H20N4S. The first-order valence-electron chi connectivity index (χ1n) is 6.18. The number of aromatic nitrogens is 2. The molecule has 1 unspecified atom stereocenters. The fourth-order valence-corrected chi connectivity index (χ4v) is 2.73. The lowest BCUT2D eigenvalue weighted by atomic mass is 10.1. The van der Waals surface area contributed by atoms with E-state index in [2.05, 4.69) is 21.8 Å². The van der Waals surface area contributed by atoms with Crippen LogP contribution in [0, 0.1) is 0 Å². The van der Waals surface area contributed by atoms with Crippen molar-refractivity contribution in [2.75, 3.05) is 29.5 Å². The minimum atomic E-state index is 0.218. The lowest BCUT2D eigenvalue weighted by Gasteiger charge is -2.26. The summed E-state index contributed by atoms with van der Waals surface area (Å²) in [5.74, 6) is 3.21. The van der Waals surface area contributed by atoms with Crippen LogP contribution in [-0.2, 0) is 6.42 Å². The van der Waals surface area contributed by atoms with E-state index >= 15 is 0 Å². The Morgan fingerprint density at radius 1 is 1.35 bits per heavy atom. The van der Waals surface area contributed by atoms with E-state index in [9.17, 15) is 0 Å². The molecule has 94 valence electrons. The first-order chi connectivity index (χ1) is 8.29. The average Bonchev–Trinajstić information content (AvgIpc) is 2.40. The minimum Gasteiger partial charge on any atom is -0.339 e. The Bertz CT molecular complexity index is 335. The zero-order valence-corrected chi connectivity index (χ0v) is 11.1. The number of nitrogens with two attached hydrogens (primary N) is 1. The monoisotopic (exact) mass is 252 g/mol. The van der Waals surface area contributed by atoms with E-state index in [1.54, 1.807) is 0 Å². The molecule has 1 aromatic heterocycles. The first kappa shape index (κ1) is 12.6. The highest BCUT2D eigenvalue weighted by Crippen LogP contribution is 2.15. The van der Waals surface area contributed by atoms with Gasteiger partial charge >= 0.3 is 0 Å². The quantitative estimate of drug-likeness (QED) is 0.875. The van der Waals surface area contributed by atoms with Crippen LogP contribution in [0.2, 0.25) is 0 Å². The second-order valence-electron chi connectivity index (χ2n) is 4.36. The second kappa shape index (κ2) is 6.21. The predicted molar refractivity (Wildman–Crippen MR) is 73.5 cm³/mol. The zero-order chi connectivity index (χ0) is 12.1. The molecule has 2 N–H and O–H groups in total. The molecule has 1 saturated heterocycles. The molecule has 4 nitrogen and oxygen atoms in total. The van der Waals surface area contributed by atoms with Crippen LogP contribution in [0.25, 0.3) is 0 Å². The number of thioether (sulfide) groups is 1. The third-order valence-electron chi connectivity index (χ3n) is 3.01. The van der Waals surface area contributed by atoms with Crippen molar-refractivity contribution < 1.29 is 0 Å². The van der Waals surface area contributed by atoms with Crippen LogP contribution in [-0.4, -0.2) is 40.6 Å². The summed E-state index contributed by atoms with van der Waals surface area (Å²) in [6.45, 7) is 4.21. The van der Waals surface area contributed by atoms with Gasteiger partial charge in [-0.2, -0.15) is 11.8 Å². The molecular weight excluding hydrogens is 232 g/mol. The molecule has 1 atom stereocenters. The van der Waals surface area contributed by atoms with E-state index in [-0.39, 0.29) is 6.04 Å². The second-order valence-corrected chi connectivity index (χ2v) is 5.59. The van der Waals surface area contributed by atoms with Crippen LogP contribution < -0.4 is 10.6 Å². The molecule has 1 aliphatic rings. The third-order valence-corrected chi connectivity index (χ3v) is 3.95. The molecule has 5 heteroatoms. The number of hydrogen-bond donors (Lipinski definition) is 1. The number of hydrogen-bond acceptors (Lipinski definition) is 5. The van der Waals surface area contributed by atoms with Gasteiger partial charge in [0.2, 0.25) is 5.95 Å². The Hall–Kier alpha value is -0.810. The van der Waals surface area contributed by atoms with Crippen molar-refractivity contribution >= 4 is 17.7 Å². The maximum absolute atomic E-state index is 5.92.